The fraction of sp³-hybridized carbons (Fsp3) is 0.538. The van der Waals surface area contributed by atoms with E-state index in [0.717, 1.165) is 18.7 Å². The summed E-state index contributed by atoms with van der Waals surface area (Å²) in [6, 6.07) is 8.74. The van der Waals surface area contributed by atoms with Gasteiger partial charge in [0.1, 0.15) is 0 Å². The molecule has 0 atom stereocenters. The molecule has 1 aromatic rings. The molecule has 0 fully saturated rings. The van der Waals surface area contributed by atoms with Gasteiger partial charge in [-0.1, -0.05) is 31.2 Å². The van der Waals surface area contributed by atoms with Gasteiger partial charge in [0.2, 0.25) is 0 Å². The lowest BCUT2D eigenvalue weighted by Crippen LogP contribution is -2.29. The Kier molecular flexibility index (Phi) is 4.79. The van der Waals surface area contributed by atoms with E-state index in [1.165, 1.54) is 5.56 Å². The van der Waals surface area contributed by atoms with Gasteiger partial charge in [-0.05, 0) is 31.5 Å². The van der Waals surface area contributed by atoms with Gasteiger partial charge in [-0.2, -0.15) is 0 Å². The van der Waals surface area contributed by atoms with Crippen LogP contribution in [-0.2, 0) is 13.2 Å². The van der Waals surface area contributed by atoms with Gasteiger partial charge in [0.05, 0.1) is 6.61 Å². The van der Waals surface area contributed by atoms with E-state index in [-0.39, 0.29) is 6.61 Å². The Morgan fingerprint density at radius 1 is 1.13 bits per heavy atom. The lowest BCUT2D eigenvalue weighted by atomic mass is 10.1. The Balaban J connectivity index is 2.63. The van der Waals surface area contributed by atoms with E-state index in [2.05, 4.69) is 37.8 Å². The van der Waals surface area contributed by atoms with Crippen molar-refractivity contribution >= 4 is 0 Å². The Morgan fingerprint density at radius 2 is 1.67 bits per heavy atom. The molecular weight excluding hydrogens is 186 g/mol. The highest BCUT2D eigenvalue weighted by atomic mass is 16.3. The normalized spacial score (nSPS) is 11.3. The lowest BCUT2D eigenvalue weighted by molar-refractivity contribution is 0.225. The van der Waals surface area contributed by atoms with Crippen LogP contribution in [0.4, 0.5) is 0 Å². The SMILES string of the molecule is CCN(Cc1ccc(CO)cc1)C(C)C. The molecule has 0 amide bonds. The summed E-state index contributed by atoms with van der Waals surface area (Å²) in [7, 11) is 0. The summed E-state index contributed by atoms with van der Waals surface area (Å²) in [6.45, 7) is 8.79. The average molecular weight is 207 g/mol. The molecule has 0 aromatic heterocycles. The zero-order valence-electron chi connectivity index (χ0n) is 9.90. The van der Waals surface area contributed by atoms with E-state index in [4.69, 9.17) is 5.11 Å². The predicted molar refractivity (Wildman–Crippen MR) is 63.6 cm³/mol. The summed E-state index contributed by atoms with van der Waals surface area (Å²) >= 11 is 0. The van der Waals surface area contributed by atoms with Crippen molar-refractivity contribution in [1.82, 2.24) is 4.90 Å². The first-order valence-electron chi connectivity index (χ1n) is 5.60. The molecule has 0 unspecified atom stereocenters. The van der Waals surface area contributed by atoms with Gasteiger partial charge in [0, 0.05) is 12.6 Å². The van der Waals surface area contributed by atoms with Gasteiger partial charge in [-0.25, -0.2) is 0 Å². The molecule has 0 aliphatic rings. The first kappa shape index (κ1) is 12.2. The topological polar surface area (TPSA) is 23.5 Å². The standard InChI is InChI=1S/C13H21NO/c1-4-14(11(2)3)9-12-5-7-13(10-15)8-6-12/h5-8,11,15H,4,9-10H2,1-3H3. The molecule has 1 N–H and O–H groups in total. The second kappa shape index (κ2) is 5.89. The molecule has 0 aliphatic carbocycles. The van der Waals surface area contributed by atoms with Crippen LogP contribution >= 0.6 is 0 Å². The maximum atomic E-state index is 8.93. The first-order chi connectivity index (χ1) is 7.17. The van der Waals surface area contributed by atoms with Crippen LogP contribution in [-0.4, -0.2) is 22.6 Å². The van der Waals surface area contributed by atoms with Crippen molar-refractivity contribution in [2.75, 3.05) is 6.54 Å². The number of hydrogen-bond donors (Lipinski definition) is 1. The second-order valence-corrected chi connectivity index (χ2v) is 4.13. The van der Waals surface area contributed by atoms with Gasteiger partial charge in [0.15, 0.2) is 0 Å². The third-order valence-electron chi connectivity index (χ3n) is 2.73. The van der Waals surface area contributed by atoms with E-state index in [1.807, 2.05) is 12.1 Å². The number of nitrogens with zero attached hydrogens (tertiary/aromatic N) is 1. The summed E-state index contributed by atoms with van der Waals surface area (Å²) in [4.78, 5) is 2.41. The molecule has 0 saturated heterocycles. The zero-order chi connectivity index (χ0) is 11.3. The van der Waals surface area contributed by atoms with Crippen LogP contribution < -0.4 is 0 Å². The molecule has 1 rings (SSSR count). The fourth-order valence-corrected chi connectivity index (χ4v) is 1.64. The number of aliphatic hydroxyl groups is 1. The third-order valence-corrected chi connectivity index (χ3v) is 2.73. The lowest BCUT2D eigenvalue weighted by Gasteiger charge is -2.24. The van der Waals surface area contributed by atoms with Crippen LogP contribution in [0.25, 0.3) is 0 Å². The molecule has 2 nitrogen and oxygen atoms in total. The highest BCUT2D eigenvalue weighted by Gasteiger charge is 2.07. The van der Waals surface area contributed by atoms with Gasteiger partial charge in [-0.15, -0.1) is 0 Å². The van der Waals surface area contributed by atoms with Crippen molar-refractivity contribution in [2.45, 2.75) is 40.0 Å². The van der Waals surface area contributed by atoms with Crippen molar-refractivity contribution in [3.05, 3.63) is 35.4 Å². The molecule has 0 radical (unpaired) electrons. The van der Waals surface area contributed by atoms with Crippen molar-refractivity contribution < 1.29 is 5.11 Å². The monoisotopic (exact) mass is 207 g/mol. The molecule has 15 heavy (non-hydrogen) atoms. The fourth-order valence-electron chi connectivity index (χ4n) is 1.64. The molecule has 1 aromatic carbocycles. The molecule has 0 spiro atoms. The molecule has 0 saturated carbocycles. The number of benzene rings is 1. The van der Waals surface area contributed by atoms with Crippen LogP contribution in [0.5, 0.6) is 0 Å². The van der Waals surface area contributed by atoms with Crippen LogP contribution in [0.1, 0.15) is 31.9 Å². The molecule has 0 bridgehead atoms. The molecular formula is C13H21NO. The molecule has 0 aliphatic heterocycles. The van der Waals surface area contributed by atoms with Crippen molar-refractivity contribution in [3.63, 3.8) is 0 Å². The summed E-state index contributed by atoms with van der Waals surface area (Å²) < 4.78 is 0. The minimum absolute atomic E-state index is 0.127. The van der Waals surface area contributed by atoms with Crippen molar-refractivity contribution in [1.29, 1.82) is 0 Å². The van der Waals surface area contributed by atoms with Crippen LogP contribution in [0.2, 0.25) is 0 Å². The minimum Gasteiger partial charge on any atom is -0.392 e. The Morgan fingerprint density at radius 3 is 2.07 bits per heavy atom. The van der Waals surface area contributed by atoms with Crippen LogP contribution in [0.3, 0.4) is 0 Å². The van der Waals surface area contributed by atoms with Gasteiger partial charge in [0.25, 0.3) is 0 Å². The average Bonchev–Trinajstić information content (AvgIpc) is 2.26. The Bertz CT molecular complexity index is 279. The number of rotatable bonds is 5. The van der Waals surface area contributed by atoms with Crippen LogP contribution in [0, 0.1) is 0 Å². The smallest absolute Gasteiger partial charge is 0.0681 e. The van der Waals surface area contributed by atoms with Crippen molar-refractivity contribution in [2.24, 2.45) is 0 Å². The van der Waals surface area contributed by atoms with Crippen LogP contribution in [0.15, 0.2) is 24.3 Å². The Hall–Kier alpha value is -0.860. The van der Waals surface area contributed by atoms with E-state index < -0.39 is 0 Å². The number of hydrogen-bond acceptors (Lipinski definition) is 2. The molecule has 2 heteroatoms. The summed E-state index contributed by atoms with van der Waals surface area (Å²) in [5.74, 6) is 0. The van der Waals surface area contributed by atoms with Gasteiger partial charge in [-0.3, -0.25) is 4.90 Å². The Labute approximate surface area is 92.5 Å². The van der Waals surface area contributed by atoms with E-state index in [0.29, 0.717) is 6.04 Å². The number of aliphatic hydroxyl groups excluding tert-OH is 1. The third kappa shape index (κ3) is 3.65. The first-order valence-corrected chi connectivity index (χ1v) is 5.60. The highest BCUT2D eigenvalue weighted by molar-refractivity contribution is 5.21. The zero-order valence-corrected chi connectivity index (χ0v) is 9.90. The van der Waals surface area contributed by atoms with Gasteiger partial charge < -0.3 is 5.11 Å². The molecule has 84 valence electrons. The second-order valence-electron chi connectivity index (χ2n) is 4.13. The molecule has 0 heterocycles. The highest BCUT2D eigenvalue weighted by Crippen LogP contribution is 2.09. The summed E-state index contributed by atoms with van der Waals surface area (Å²) in [5, 5.41) is 8.93. The van der Waals surface area contributed by atoms with Gasteiger partial charge >= 0.3 is 0 Å². The largest absolute Gasteiger partial charge is 0.392 e. The quantitative estimate of drug-likeness (QED) is 0.801. The minimum atomic E-state index is 0.127. The predicted octanol–water partition coefficient (Wildman–Crippen LogP) is 2.41. The maximum absolute atomic E-state index is 8.93. The maximum Gasteiger partial charge on any atom is 0.0681 e. The van der Waals surface area contributed by atoms with E-state index in [1.54, 1.807) is 0 Å². The van der Waals surface area contributed by atoms with E-state index in [9.17, 15) is 0 Å². The summed E-state index contributed by atoms with van der Waals surface area (Å²) in [6.07, 6.45) is 0. The van der Waals surface area contributed by atoms with Crippen molar-refractivity contribution in [3.8, 4) is 0 Å². The summed E-state index contributed by atoms with van der Waals surface area (Å²) in [5.41, 5.74) is 2.29. The van der Waals surface area contributed by atoms with E-state index >= 15 is 0 Å².